The van der Waals surface area contributed by atoms with Crippen LogP contribution in [0.25, 0.3) is 176 Å². The third kappa shape index (κ3) is 12.0. The lowest BCUT2D eigenvalue weighted by atomic mass is 9.95. The monoisotopic (exact) mass is 1280 g/mol. The van der Waals surface area contributed by atoms with Gasteiger partial charge in [0.2, 0.25) is 0 Å². The van der Waals surface area contributed by atoms with Gasteiger partial charge in [0.1, 0.15) is 0 Å². The first kappa shape index (κ1) is 59.6. The minimum Gasteiger partial charge on any atom is -0.264 e. The molecule has 0 amide bonds. The van der Waals surface area contributed by atoms with Gasteiger partial charge < -0.3 is 0 Å². The van der Waals surface area contributed by atoms with Gasteiger partial charge in [-0.3, -0.25) is 34.9 Å². The van der Waals surface area contributed by atoms with Crippen LogP contribution in [0.15, 0.2) is 347 Å². The molecule has 0 atom stereocenters. The number of hydrogen-bond donors (Lipinski definition) is 0. The molecule has 0 bridgehead atoms. The fraction of sp³-hybridized carbons (Fsp3) is 0. The zero-order chi connectivity index (χ0) is 65.9. The quantitative estimate of drug-likeness (QED) is 0.110. The number of fused-ring (bicyclic) bond motifs is 6. The van der Waals surface area contributed by atoms with Crippen molar-refractivity contribution in [1.82, 2.24) is 44.9 Å². The number of rotatable bonds is 12. The maximum Gasteiger partial charge on any atom is 0.0978 e. The van der Waals surface area contributed by atoms with Crippen molar-refractivity contribution in [3.63, 3.8) is 0 Å². The third-order valence-corrected chi connectivity index (χ3v) is 19.2. The number of hydrogen-bond acceptors (Lipinski definition) is 10. The SMILES string of the molecule is c1ccc(-c2ccnc3c2ccc2c(-c4ccccc4)cc(-c4ccc(-c5cc(-c6cccnc6)cc(-c6cccnc6)c5)nc4)nc23)cc1.c1ccc(-c2ccnc3c2ccc2c(-c4ccccc4)cc(-c4ccc(-c5cc(-c6cccnc6)cc(-c6cccnc6)c5)s4)nc23)cc1. The predicted octanol–water partition coefficient (Wildman–Crippen LogP) is 22.6. The summed E-state index contributed by atoms with van der Waals surface area (Å²) in [6, 6.07) is 97.4. The van der Waals surface area contributed by atoms with Gasteiger partial charge in [-0.15, -0.1) is 11.3 Å². The van der Waals surface area contributed by atoms with E-state index >= 15 is 0 Å². The number of nitrogens with zero attached hydrogens (tertiary/aromatic N) is 9. The van der Waals surface area contributed by atoms with Crippen molar-refractivity contribution < 1.29 is 0 Å². The third-order valence-electron chi connectivity index (χ3n) is 18.1. The van der Waals surface area contributed by atoms with Gasteiger partial charge in [-0.2, -0.15) is 0 Å². The molecule has 18 aromatic rings. The molecule has 18 rings (SSSR count). The molecule has 0 unspecified atom stereocenters. The van der Waals surface area contributed by atoms with E-state index in [4.69, 9.17) is 24.9 Å². The first-order valence-corrected chi connectivity index (χ1v) is 33.5. The molecule has 0 aliphatic rings. The maximum atomic E-state index is 5.36. The number of thiophene rings is 1. The van der Waals surface area contributed by atoms with E-state index in [1.54, 1.807) is 23.7 Å². The average Bonchev–Trinajstić information content (AvgIpc) is 1.26. The van der Waals surface area contributed by atoms with Gasteiger partial charge in [0.25, 0.3) is 0 Å². The summed E-state index contributed by atoms with van der Waals surface area (Å²) in [4.78, 5) is 45.2. The molecule has 0 saturated carbocycles. The highest BCUT2D eigenvalue weighted by molar-refractivity contribution is 7.18. The second-order valence-electron chi connectivity index (χ2n) is 24.2. The average molecular weight is 1280 g/mol. The van der Waals surface area contributed by atoms with Gasteiger partial charge in [0.05, 0.1) is 44.0 Å². The summed E-state index contributed by atoms with van der Waals surface area (Å²) in [5.41, 5.74) is 27.0. The first-order valence-electron chi connectivity index (χ1n) is 32.7. The summed E-state index contributed by atoms with van der Waals surface area (Å²) < 4.78 is 0. The molecule has 464 valence electrons. The minimum absolute atomic E-state index is 0.843. The number of pyridine rings is 9. The Morgan fingerprint density at radius 1 is 0.192 bits per heavy atom. The summed E-state index contributed by atoms with van der Waals surface area (Å²) >= 11 is 1.75. The standard InChI is InChI=1S/C45H29N5.C44H28N4S/c1-3-9-30(10-4-1)38-19-22-48-44-39(38)16-17-40-41(31-11-5-2-6-12-31)26-43(50-45(40)44)34-15-18-42(49-29-34)37-24-35(32-13-7-20-46-27-32)23-36(25-37)33-14-8-21-47-28-33;1-3-9-29(10-4-1)36-19-22-47-43-37(36)15-16-38-39(30-11-5-2-6-12-30)26-40(48-44(38)43)42-18-17-41(49-42)35-24-33(31-13-7-20-45-27-31)23-34(25-35)32-14-8-21-46-28-32/h1-29H;1-28H. The van der Waals surface area contributed by atoms with Crippen molar-refractivity contribution in [2.24, 2.45) is 0 Å². The van der Waals surface area contributed by atoms with Gasteiger partial charge in [-0.05, 0) is 182 Å². The molecule has 0 aliphatic heterocycles. The molecule has 0 radical (unpaired) electrons. The van der Waals surface area contributed by atoms with Crippen LogP contribution in [-0.4, -0.2) is 44.9 Å². The Kier molecular flexibility index (Phi) is 16.0. The second-order valence-corrected chi connectivity index (χ2v) is 25.3. The molecule has 0 N–H and O–H groups in total. The van der Waals surface area contributed by atoms with Crippen molar-refractivity contribution in [3.05, 3.63) is 347 Å². The number of benzene rings is 8. The van der Waals surface area contributed by atoms with Crippen LogP contribution < -0.4 is 0 Å². The lowest BCUT2D eigenvalue weighted by Gasteiger charge is -2.14. The van der Waals surface area contributed by atoms with Crippen molar-refractivity contribution in [2.75, 3.05) is 0 Å². The van der Waals surface area contributed by atoms with Crippen molar-refractivity contribution in [3.8, 4) is 133 Å². The van der Waals surface area contributed by atoms with Crippen LogP contribution in [0, 0.1) is 0 Å². The zero-order valence-corrected chi connectivity index (χ0v) is 54.2. The van der Waals surface area contributed by atoms with Crippen LogP contribution in [-0.2, 0) is 0 Å². The van der Waals surface area contributed by atoms with E-state index in [-0.39, 0.29) is 0 Å². The van der Waals surface area contributed by atoms with E-state index in [1.165, 1.54) is 0 Å². The fourth-order valence-corrected chi connectivity index (χ4v) is 14.2. The summed E-state index contributed by atoms with van der Waals surface area (Å²) in [7, 11) is 0. The number of aromatic nitrogens is 9. The lowest BCUT2D eigenvalue weighted by molar-refractivity contribution is 1.30. The molecule has 10 aromatic heterocycles. The van der Waals surface area contributed by atoms with Crippen molar-refractivity contribution in [1.29, 1.82) is 0 Å². The van der Waals surface area contributed by atoms with Gasteiger partial charge >= 0.3 is 0 Å². The molecule has 0 saturated heterocycles. The largest absolute Gasteiger partial charge is 0.264 e. The van der Waals surface area contributed by atoms with Crippen LogP contribution in [0.5, 0.6) is 0 Å². The lowest BCUT2D eigenvalue weighted by Crippen LogP contribution is -1.94. The maximum absolute atomic E-state index is 5.36. The zero-order valence-electron chi connectivity index (χ0n) is 53.3. The van der Waals surface area contributed by atoms with Crippen LogP contribution in [0.2, 0.25) is 0 Å². The molecule has 10 heteroatoms. The summed E-state index contributed by atoms with van der Waals surface area (Å²) in [6.45, 7) is 0. The molecular weight excluding hydrogens is 1230 g/mol. The Labute approximate surface area is 576 Å². The molecule has 99 heavy (non-hydrogen) atoms. The Bertz CT molecular complexity index is 5820. The van der Waals surface area contributed by atoms with Crippen LogP contribution in [0.1, 0.15) is 0 Å². The Morgan fingerprint density at radius 3 is 0.960 bits per heavy atom. The molecule has 8 aromatic carbocycles. The molecule has 0 aliphatic carbocycles. The van der Waals surface area contributed by atoms with Crippen molar-refractivity contribution in [2.45, 2.75) is 0 Å². The topological polar surface area (TPSA) is 116 Å². The van der Waals surface area contributed by atoms with E-state index in [9.17, 15) is 0 Å². The minimum atomic E-state index is 0.843. The Morgan fingerprint density at radius 2 is 0.556 bits per heavy atom. The van der Waals surface area contributed by atoms with Gasteiger partial charge in [0.15, 0.2) is 0 Å². The highest BCUT2D eigenvalue weighted by atomic mass is 32.1. The van der Waals surface area contributed by atoms with Gasteiger partial charge in [0, 0.05) is 128 Å². The Balaban J connectivity index is 0.000000148. The molecular formula is C89H57N9S. The molecule has 0 fully saturated rings. The van der Waals surface area contributed by atoms with Crippen LogP contribution in [0.4, 0.5) is 0 Å². The Hall–Kier alpha value is -13.2. The van der Waals surface area contributed by atoms with Gasteiger partial charge in [-0.25, -0.2) is 9.97 Å². The van der Waals surface area contributed by atoms with Crippen molar-refractivity contribution >= 4 is 54.9 Å². The van der Waals surface area contributed by atoms with E-state index in [1.807, 2.05) is 98.2 Å². The highest BCUT2D eigenvalue weighted by Crippen LogP contribution is 2.44. The van der Waals surface area contributed by atoms with Crippen LogP contribution in [0.3, 0.4) is 0 Å². The second kappa shape index (κ2) is 26.6. The van der Waals surface area contributed by atoms with E-state index in [2.05, 4.69) is 257 Å². The van der Waals surface area contributed by atoms with Gasteiger partial charge in [-0.1, -0.05) is 170 Å². The first-order chi connectivity index (χ1) is 49.1. The summed E-state index contributed by atoms with van der Waals surface area (Å²) in [5, 5.41) is 4.31. The van der Waals surface area contributed by atoms with E-state index < -0.39 is 0 Å². The fourth-order valence-electron chi connectivity index (χ4n) is 13.2. The highest BCUT2D eigenvalue weighted by Gasteiger charge is 2.20. The smallest absolute Gasteiger partial charge is 0.0978 e. The van der Waals surface area contributed by atoms with E-state index in [0.717, 1.165) is 176 Å². The summed E-state index contributed by atoms with van der Waals surface area (Å²) in [5.74, 6) is 0. The summed E-state index contributed by atoms with van der Waals surface area (Å²) in [6.07, 6.45) is 20.5. The molecule has 0 spiro atoms. The normalized spacial score (nSPS) is 11.2. The van der Waals surface area contributed by atoms with Crippen LogP contribution >= 0.6 is 11.3 Å². The van der Waals surface area contributed by atoms with E-state index in [0.29, 0.717) is 0 Å². The molecule has 9 nitrogen and oxygen atoms in total. The molecule has 10 heterocycles. The predicted molar refractivity (Wildman–Crippen MR) is 406 cm³/mol.